The number of benzene rings is 1. The van der Waals surface area contributed by atoms with E-state index in [-0.39, 0.29) is 23.4 Å². The number of rotatable bonds is 5. The summed E-state index contributed by atoms with van der Waals surface area (Å²) in [6, 6.07) is 9.41. The number of hydrogen-bond acceptors (Lipinski definition) is 7. The van der Waals surface area contributed by atoms with Crippen molar-refractivity contribution in [1.82, 2.24) is 29.4 Å². The van der Waals surface area contributed by atoms with Crippen molar-refractivity contribution in [1.29, 1.82) is 0 Å². The fraction of sp³-hybridized carbons (Fsp3) is 0.412. The molecule has 2 aliphatic heterocycles. The Bertz CT molecular complexity index is 1770. The molecule has 240 valence electrons. The topological polar surface area (TPSA) is 81.9 Å². The lowest BCUT2D eigenvalue weighted by Gasteiger charge is -2.35. The Morgan fingerprint density at radius 3 is 2.48 bits per heavy atom. The molecule has 0 aliphatic carbocycles. The normalized spacial score (nSPS) is 19.6. The highest BCUT2D eigenvalue weighted by Gasteiger charge is 2.34. The Morgan fingerprint density at radius 2 is 1.74 bits per heavy atom. The molecule has 3 aromatic heterocycles. The van der Waals surface area contributed by atoms with Crippen LogP contribution in [0.25, 0.3) is 5.65 Å². The summed E-state index contributed by atoms with van der Waals surface area (Å²) < 4.78 is 43.8. The molecular formula is C34H37F3N8O. The van der Waals surface area contributed by atoms with E-state index in [0.29, 0.717) is 41.8 Å². The molecule has 4 aromatic rings. The monoisotopic (exact) mass is 630 g/mol. The number of piperazine rings is 1. The Labute approximate surface area is 266 Å². The Kier molecular flexibility index (Phi) is 8.97. The van der Waals surface area contributed by atoms with Crippen molar-refractivity contribution in [3.63, 3.8) is 0 Å². The van der Waals surface area contributed by atoms with E-state index in [2.05, 4.69) is 50.8 Å². The van der Waals surface area contributed by atoms with Crippen molar-refractivity contribution in [2.45, 2.75) is 33.0 Å². The van der Waals surface area contributed by atoms with Crippen LogP contribution in [-0.2, 0) is 12.7 Å². The van der Waals surface area contributed by atoms with Crippen molar-refractivity contribution in [3.05, 3.63) is 82.9 Å². The fourth-order valence-electron chi connectivity index (χ4n) is 6.24. The van der Waals surface area contributed by atoms with Crippen LogP contribution in [0.3, 0.4) is 0 Å². The quantitative estimate of drug-likeness (QED) is 0.310. The standard InChI is InChI=1S/C34H37F3N8O/c1-23-14-24(2)21-44(20-23)32-9-8-31-39-19-29(45(31)41-32)7-4-25-15-27(18-38-17-25)33(46)40-28-6-5-26(30(16-28)34(35,36)37)22-43-12-10-42(3)11-13-43/h5-6,8-9,15-19,23-24H,10-14,20-22H2,1-3H3,(H,40,46)/t23-,24+. The average Bonchev–Trinajstić information content (AvgIpc) is 3.43. The van der Waals surface area contributed by atoms with E-state index < -0.39 is 17.6 Å². The molecule has 1 aromatic carbocycles. The van der Waals surface area contributed by atoms with Gasteiger partial charge in [0.05, 0.1) is 17.3 Å². The van der Waals surface area contributed by atoms with Crippen LogP contribution in [0, 0.1) is 23.7 Å². The second kappa shape index (κ2) is 13.1. The number of nitrogens with zero attached hydrogens (tertiary/aromatic N) is 7. The minimum atomic E-state index is -4.56. The maximum Gasteiger partial charge on any atom is 0.416 e. The molecule has 1 N–H and O–H groups in total. The van der Waals surface area contributed by atoms with Crippen LogP contribution >= 0.6 is 0 Å². The van der Waals surface area contributed by atoms with Gasteiger partial charge in [-0.1, -0.05) is 25.8 Å². The number of anilines is 2. The smallest absolute Gasteiger partial charge is 0.355 e. The van der Waals surface area contributed by atoms with E-state index >= 15 is 0 Å². The number of nitrogens with one attached hydrogen (secondary N) is 1. The second-order valence-corrected chi connectivity index (χ2v) is 12.6. The molecule has 9 nitrogen and oxygen atoms in total. The third-order valence-corrected chi connectivity index (χ3v) is 8.54. The van der Waals surface area contributed by atoms with E-state index in [4.69, 9.17) is 5.10 Å². The molecular weight excluding hydrogens is 593 g/mol. The number of fused-ring (bicyclic) bond motifs is 1. The van der Waals surface area contributed by atoms with Crippen LogP contribution in [0.4, 0.5) is 24.7 Å². The third-order valence-electron chi connectivity index (χ3n) is 8.54. The Morgan fingerprint density at radius 1 is 0.978 bits per heavy atom. The largest absolute Gasteiger partial charge is 0.416 e. The van der Waals surface area contributed by atoms with E-state index in [9.17, 15) is 18.0 Å². The van der Waals surface area contributed by atoms with Crippen LogP contribution in [0.1, 0.15) is 53.0 Å². The average molecular weight is 631 g/mol. The number of carbonyl (C=O) groups excluding carboxylic acids is 1. The Balaban J connectivity index is 1.17. The summed E-state index contributed by atoms with van der Waals surface area (Å²) in [5.41, 5.74) is 1.39. The maximum atomic E-state index is 14.0. The summed E-state index contributed by atoms with van der Waals surface area (Å²) >= 11 is 0. The van der Waals surface area contributed by atoms with Gasteiger partial charge in [0.25, 0.3) is 5.91 Å². The SMILES string of the molecule is C[C@@H]1C[C@H](C)CN(c2ccc3ncc(C#Cc4cncc(C(=O)Nc5ccc(CN6CCN(C)CC6)c(C(F)(F)F)c5)c4)n3n2)C1. The molecule has 0 bridgehead atoms. The number of carbonyl (C=O) groups is 1. The van der Waals surface area contributed by atoms with Gasteiger partial charge < -0.3 is 15.1 Å². The number of imidazole rings is 1. The molecule has 2 atom stereocenters. The summed E-state index contributed by atoms with van der Waals surface area (Å²) in [4.78, 5) is 28.1. The van der Waals surface area contributed by atoms with Crippen LogP contribution < -0.4 is 10.2 Å². The van der Waals surface area contributed by atoms with Gasteiger partial charge >= 0.3 is 6.18 Å². The van der Waals surface area contributed by atoms with Gasteiger partial charge in [-0.2, -0.15) is 13.2 Å². The highest BCUT2D eigenvalue weighted by Crippen LogP contribution is 2.35. The van der Waals surface area contributed by atoms with E-state index in [1.807, 2.05) is 24.1 Å². The van der Waals surface area contributed by atoms with Gasteiger partial charge in [-0.3, -0.25) is 14.7 Å². The number of piperidine rings is 1. The van der Waals surface area contributed by atoms with Crippen molar-refractivity contribution < 1.29 is 18.0 Å². The number of hydrogen-bond donors (Lipinski definition) is 1. The number of amides is 1. The van der Waals surface area contributed by atoms with Crippen LogP contribution in [0.5, 0.6) is 0 Å². The zero-order chi connectivity index (χ0) is 32.4. The first kappa shape index (κ1) is 31.5. The molecule has 2 aliphatic rings. The highest BCUT2D eigenvalue weighted by molar-refractivity contribution is 6.04. The molecule has 46 heavy (non-hydrogen) atoms. The minimum Gasteiger partial charge on any atom is -0.355 e. The number of pyridine rings is 1. The van der Waals surface area contributed by atoms with Crippen molar-refractivity contribution in [2.75, 3.05) is 56.5 Å². The first-order valence-electron chi connectivity index (χ1n) is 15.5. The lowest BCUT2D eigenvalue weighted by atomic mass is 9.92. The predicted molar refractivity (Wildman–Crippen MR) is 171 cm³/mol. The lowest BCUT2D eigenvalue weighted by Crippen LogP contribution is -2.44. The second-order valence-electron chi connectivity index (χ2n) is 12.6. The number of alkyl halides is 3. The first-order valence-corrected chi connectivity index (χ1v) is 15.5. The van der Waals surface area contributed by atoms with E-state index in [1.165, 1.54) is 30.9 Å². The lowest BCUT2D eigenvalue weighted by molar-refractivity contribution is -0.138. The van der Waals surface area contributed by atoms with Crippen molar-refractivity contribution >= 4 is 23.1 Å². The third kappa shape index (κ3) is 7.32. The summed E-state index contributed by atoms with van der Waals surface area (Å²) in [6.45, 7) is 9.60. The van der Waals surface area contributed by atoms with Crippen LogP contribution in [-0.4, -0.2) is 81.6 Å². The fourth-order valence-corrected chi connectivity index (χ4v) is 6.24. The van der Waals surface area contributed by atoms with Gasteiger partial charge in [-0.25, -0.2) is 9.50 Å². The summed E-state index contributed by atoms with van der Waals surface area (Å²) in [5, 5.41) is 7.41. The number of aromatic nitrogens is 4. The van der Waals surface area contributed by atoms with Crippen molar-refractivity contribution in [3.8, 4) is 11.8 Å². The minimum absolute atomic E-state index is 0.0565. The van der Waals surface area contributed by atoms with Gasteiger partial charge in [-0.15, -0.1) is 5.10 Å². The summed E-state index contributed by atoms with van der Waals surface area (Å²) in [7, 11) is 2.00. The molecule has 2 saturated heterocycles. The molecule has 0 unspecified atom stereocenters. The molecule has 0 spiro atoms. The zero-order valence-electron chi connectivity index (χ0n) is 26.2. The molecule has 2 fully saturated rings. The van der Waals surface area contributed by atoms with Crippen LogP contribution in [0.15, 0.2) is 55.0 Å². The van der Waals surface area contributed by atoms with Crippen LogP contribution in [0.2, 0.25) is 0 Å². The number of halogens is 3. The van der Waals surface area contributed by atoms with Gasteiger partial charge in [0.15, 0.2) is 5.65 Å². The Hall–Kier alpha value is -4.47. The zero-order valence-corrected chi connectivity index (χ0v) is 26.2. The first-order chi connectivity index (χ1) is 22.0. The molecule has 12 heteroatoms. The molecule has 0 saturated carbocycles. The van der Waals surface area contributed by atoms with E-state index in [1.54, 1.807) is 16.8 Å². The number of likely N-dealkylation sites (N-methyl/N-ethyl adjacent to an activating group) is 1. The van der Waals surface area contributed by atoms with E-state index in [0.717, 1.165) is 38.1 Å². The van der Waals surface area contributed by atoms with Gasteiger partial charge in [0.1, 0.15) is 11.5 Å². The molecule has 5 heterocycles. The van der Waals surface area contributed by atoms with Gasteiger partial charge in [0, 0.05) is 69.5 Å². The predicted octanol–water partition coefficient (Wildman–Crippen LogP) is 5.02. The maximum absolute atomic E-state index is 14.0. The molecule has 6 rings (SSSR count). The highest BCUT2D eigenvalue weighted by atomic mass is 19.4. The summed E-state index contributed by atoms with van der Waals surface area (Å²) in [5.74, 6) is 7.56. The van der Waals surface area contributed by atoms with Gasteiger partial charge in [0.2, 0.25) is 0 Å². The molecule has 0 radical (unpaired) electrons. The summed E-state index contributed by atoms with van der Waals surface area (Å²) in [6.07, 6.45) is 1.17. The molecule has 1 amide bonds. The van der Waals surface area contributed by atoms with Gasteiger partial charge in [-0.05, 0) is 67.1 Å². The van der Waals surface area contributed by atoms with Crippen molar-refractivity contribution in [2.24, 2.45) is 11.8 Å².